The molecular weight excluding hydrogens is 1110 g/mol. The SMILES string of the molecule is CCC(C)CCCCCCCCCCCCC(=O)OC[C@H](COP(=O)(O)OC[C@@H](O)COP(=O)(O)OC[C@@H](COC(=O)CCCCCCCCC(C)CC)OC(=O)CCCCCCCCCC(C)C)OC(=O)CCCCCCCCCC(C)C. The van der Waals surface area contributed by atoms with Gasteiger partial charge in [0.2, 0.25) is 0 Å². The Labute approximate surface area is 511 Å². The summed E-state index contributed by atoms with van der Waals surface area (Å²) in [6.45, 7) is 14.0. The quantitative estimate of drug-likeness (QED) is 0.0222. The number of aliphatic hydroxyl groups is 1. The molecule has 0 bridgehead atoms. The predicted molar refractivity (Wildman–Crippen MR) is 335 cm³/mol. The van der Waals surface area contributed by atoms with Gasteiger partial charge < -0.3 is 33.8 Å². The number of phosphoric ester groups is 2. The summed E-state index contributed by atoms with van der Waals surface area (Å²) in [4.78, 5) is 72.2. The van der Waals surface area contributed by atoms with Crippen molar-refractivity contribution in [3.8, 4) is 0 Å². The zero-order chi connectivity index (χ0) is 62.5. The van der Waals surface area contributed by atoms with Gasteiger partial charge in [-0.05, 0) is 49.4 Å². The zero-order valence-corrected chi connectivity index (χ0v) is 56.3. The van der Waals surface area contributed by atoms with Crippen molar-refractivity contribution in [1.82, 2.24) is 0 Å². The van der Waals surface area contributed by atoms with Crippen molar-refractivity contribution in [1.29, 1.82) is 0 Å². The van der Waals surface area contributed by atoms with Crippen LogP contribution in [0.3, 0.4) is 0 Å². The number of ether oxygens (including phenoxy) is 4. The van der Waals surface area contributed by atoms with Crippen LogP contribution in [0.25, 0.3) is 0 Å². The lowest BCUT2D eigenvalue weighted by atomic mass is 9.99. The van der Waals surface area contributed by atoms with E-state index in [0.29, 0.717) is 37.5 Å². The van der Waals surface area contributed by atoms with Crippen molar-refractivity contribution in [3.05, 3.63) is 0 Å². The van der Waals surface area contributed by atoms with Gasteiger partial charge in [0, 0.05) is 25.7 Å². The maximum Gasteiger partial charge on any atom is 0.472 e. The average Bonchev–Trinajstić information content (AvgIpc) is 3.57. The smallest absolute Gasteiger partial charge is 0.462 e. The van der Waals surface area contributed by atoms with Gasteiger partial charge in [-0.3, -0.25) is 37.3 Å². The summed E-state index contributed by atoms with van der Waals surface area (Å²) in [5, 5.41) is 10.5. The number of unbranched alkanes of at least 4 members (excludes halogenated alkanes) is 26. The topological polar surface area (TPSA) is 237 Å². The second-order valence-corrected chi connectivity index (χ2v) is 27.8. The van der Waals surface area contributed by atoms with Crippen LogP contribution in [0, 0.1) is 23.7 Å². The highest BCUT2D eigenvalue weighted by molar-refractivity contribution is 7.47. The molecular formula is C65H126O17P2. The summed E-state index contributed by atoms with van der Waals surface area (Å²) in [7, 11) is -9.89. The van der Waals surface area contributed by atoms with Gasteiger partial charge in [0.15, 0.2) is 12.2 Å². The van der Waals surface area contributed by atoms with E-state index in [4.69, 9.17) is 37.0 Å². The normalized spacial score (nSPS) is 15.1. The molecule has 0 amide bonds. The highest BCUT2D eigenvalue weighted by Gasteiger charge is 2.30. The molecule has 0 saturated heterocycles. The number of hydrogen-bond acceptors (Lipinski definition) is 15. The van der Waals surface area contributed by atoms with E-state index in [1.165, 1.54) is 109 Å². The van der Waals surface area contributed by atoms with E-state index in [-0.39, 0.29) is 25.7 Å². The van der Waals surface area contributed by atoms with Crippen LogP contribution in [0.2, 0.25) is 0 Å². The highest BCUT2D eigenvalue weighted by Crippen LogP contribution is 2.45. The Morgan fingerprint density at radius 2 is 0.571 bits per heavy atom. The summed E-state index contributed by atoms with van der Waals surface area (Å²) >= 11 is 0. The molecule has 17 nitrogen and oxygen atoms in total. The van der Waals surface area contributed by atoms with Crippen LogP contribution < -0.4 is 0 Å². The number of rotatable bonds is 62. The molecule has 0 aromatic carbocycles. The largest absolute Gasteiger partial charge is 0.472 e. The Hall–Kier alpha value is -1.94. The van der Waals surface area contributed by atoms with Crippen LogP contribution in [0.4, 0.5) is 0 Å². The lowest BCUT2D eigenvalue weighted by molar-refractivity contribution is -0.161. The zero-order valence-electron chi connectivity index (χ0n) is 54.5. The van der Waals surface area contributed by atoms with E-state index in [0.717, 1.165) is 108 Å². The summed E-state index contributed by atoms with van der Waals surface area (Å²) in [6.07, 6.45) is 35.0. The first-order chi connectivity index (χ1) is 40.2. The molecule has 0 aliphatic heterocycles. The van der Waals surface area contributed by atoms with Crippen LogP contribution >= 0.6 is 15.6 Å². The number of carbonyl (C=O) groups excluding carboxylic acids is 4. The molecule has 0 fully saturated rings. The third kappa shape index (κ3) is 56.6. The summed E-state index contributed by atoms with van der Waals surface area (Å²) in [6, 6.07) is 0. The summed E-state index contributed by atoms with van der Waals surface area (Å²) < 4.78 is 68.0. The van der Waals surface area contributed by atoms with Gasteiger partial charge in [0.25, 0.3) is 0 Å². The molecule has 3 N–H and O–H groups in total. The van der Waals surface area contributed by atoms with Crippen molar-refractivity contribution in [3.63, 3.8) is 0 Å². The average molecular weight is 1240 g/mol. The van der Waals surface area contributed by atoms with Gasteiger partial charge in [-0.15, -0.1) is 0 Å². The fourth-order valence-corrected chi connectivity index (χ4v) is 11.1. The molecule has 0 heterocycles. The monoisotopic (exact) mass is 1240 g/mol. The maximum atomic E-state index is 13.0. The Balaban J connectivity index is 5.24. The van der Waals surface area contributed by atoms with E-state index in [1.807, 2.05) is 0 Å². The Kier molecular flexibility index (Phi) is 53.9. The standard InChI is InChI=1S/C65H126O17P2/c1-9-57(7)43-35-27-19-13-11-12-14-20-29-37-45-62(67)75-51-60(81-64(69)47-39-31-21-15-17-25-33-41-55(3)4)53-79-83(71,72)77-49-59(66)50-78-84(73,74)80-54-61(82-65(70)48-40-32-22-16-18-26-34-42-56(5)6)52-76-63(68)46-38-30-24-23-28-36-44-58(8)10-2/h55-61,66H,9-54H2,1-8H3,(H,71,72)(H,73,74)/t57?,58?,59-,60-,61-/m1/s1. The van der Waals surface area contributed by atoms with Crippen molar-refractivity contribution in [2.75, 3.05) is 39.6 Å². The van der Waals surface area contributed by atoms with Crippen LogP contribution in [0.1, 0.15) is 312 Å². The van der Waals surface area contributed by atoms with Crippen LogP contribution in [-0.2, 0) is 65.4 Å². The highest BCUT2D eigenvalue weighted by atomic mass is 31.2. The molecule has 0 saturated carbocycles. The van der Waals surface area contributed by atoms with Crippen molar-refractivity contribution in [2.24, 2.45) is 23.7 Å². The van der Waals surface area contributed by atoms with Gasteiger partial charge in [0.1, 0.15) is 19.3 Å². The number of esters is 4. The van der Waals surface area contributed by atoms with Gasteiger partial charge in [-0.25, -0.2) is 9.13 Å². The Bertz CT molecular complexity index is 1680. The molecule has 0 radical (unpaired) electrons. The number of hydrogen-bond donors (Lipinski definition) is 3. The second kappa shape index (κ2) is 55.2. The van der Waals surface area contributed by atoms with Crippen molar-refractivity contribution in [2.45, 2.75) is 331 Å². The molecule has 7 atom stereocenters. The second-order valence-electron chi connectivity index (χ2n) is 24.9. The van der Waals surface area contributed by atoms with Crippen molar-refractivity contribution < 1.29 is 80.2 Å². The Morgan fingerprint density at radius 3 is 0.845 bits per heavy atom. The Morgan fingerprint density at radius 1 is 0.333 bits per heavy atom. The van der Waals surface area contributed by atoms with Gasteiger partial charge in [-0.2, -0.15) is 0 Å². The van der Waals surface area contributed by atoms with E-state index in [2.05, 4.69) is 55.4 Å². The molecule has 498 valence electrons. The number of carbonyl (C=O) groups is 4. The molecule has 4 unspecified atom stereocenters. The van der Waals surface area contributed by atoms with Gasteiger partial charge in [-0.1, -0.05) is 261 Å². The number of aliphatic hydroxyl groups excluding tert-OH is 1. The van der Waals surface area contributed by atoms with Gasteiger partial charge in [0.05, 0.1) is 26.4 Å². The molecule has 0 aromatic heterocycles. The van der Waals surface area contributed by atoms with Crippen LogP contribution in [0.15, 0.2) is 0 Å². The lowest BCUT2D eigenvalue weighted by Gasteiger charge is -2.21. The van der Waals surface area contributed by atoms with Gasteiger partial charge >= 0.3 is 39.5 Å². The third-order valence-corrected chi connectivity index (χ3v) is 17.4. The predicted octanol–water partition coefficient (Wildman–Crippen LogP) is 17.8. The van der Waals surface area contributed by atoms with E-state index in [1.54, 1.807) is 0 Å². The van der Waals surface area contributed by atoms with Crippen molar-refractivity contribution >= 4 is 39.5 Å². The fourth-order valence-electron chi connectivity index (χ4n) is 9.54. The minimum atomic E-state index is -4.95. The first-order valence-corrected chi connectivity index (χ1v) is 36.8. The third-order valence-electron chi connectivity index (χ3n) is 15.5. The van der Waals surface area contributed by atoms with E-state index in [9.17, 15) is 43.2 Å². The van der Waals surface area contributed by atoms with E-state index < -0.39 is 97.5 Å². The molecule has 0 rings (SSSR count). The van der Waals surface area contributed by atoms with Crippen LogP contribution in [0.5, 0.6) is 0 Å². The summed E-state index contributed by atoms with van der Waals surface area (Å²) in [5.74, 6) is 0.791. The maximum absolute atomic E-state index is 13.0. The fraction of sp³-hybridized carbons (Fsp3) is 0.938. The molecule has 0 spiro atoms. The summed E-state index contributed by atoms with van der Waals surface area (Å²) in [5.41, 5.74) is 0. The lowest BCUT2D eigenvalue weighted by Crippen LogP contribution is -2.30. The number of phosphoric acid groups is 2. The first kappa shape index (κ1) is 82.1. The molecule has 84 heavy (non-hydrogen) atoms. The first-order valence-electron chi connectivity index (χ1n) is 33.8. The van der Waals surface area contributed by atoms with Crippen LogP contribution in [-0.4, -0.2) is 96.7 Å². The van der Waals surface area contributed by atoms with E-state index >= 15 is 0 Å². The minimum Gasteiger partial charge on any atom is -0.462 e. The molecule has 0 aromatic rings. The molecule has 0 aliphatic carbocycles. The molecule has 0 aliphatic rings. The molecule has 19 heteroatoms. The minimum absolute atomic E-state index is 0.102.